The topological polar surface area (TPSA) is 64.0 Å². The van der Waals surface area contributed by atoms with E-state index >= 15 is 0 Å². The van der Waals surface area contributed by atoms with E-state index in [4.69, 9.17) is 4.98 Å². The largest absolute Gasteiger partial charge is 0.355 e. The van der Waals surface area contributed by atoms with Crippen LogP contribution in [-0.2, 0) is 4.79 Å². The van der Waals surface area contributed by atoms with Gasteiger partial charge in [-0.2, -0.15) is 0 Å². The molecule has 158 valence electrons. The third kappa shape index (κ3) is 4.73. The zero-order valence-electron chi connectivity index (χ0n) is 17.4. The van der Waals surface area contributed by atoms with E-state index in [1.165, 1.54) is 23.1 Å². The minimum absolute atomic E-state index is 0.0659. The molecule has 0 unspecified atom stereocenters. The van der Waals surface area contributed by atoms with Crippen molar-refractivity contribution in [3.05, 3.63) is 76.4 Å². The predicted octanol–water partition coefficient (Wildman–Crippen LogP) is 4.98. The van der Waals surface area contributed by atoms with Gasteiger partial charge < -0.3 is 5.32 Å². The van der Waals surface area contributed by atoms with Crippen LogP contribution in [0.2, 0.25) is 0 Å². The van der Waals surface area contributed by atoms with Crippen LogP contribution in [0.15, 0.2) is 76.0 Å². The molecule has 0 radical (unpaired) electrons. The summed E-state index contributed by atoms with van der Waals surface area (Å²) >= 11 is 2.73. The van der Waals surface area contributed by atoms with E-state index in [0.29, 0.717) is 27.8 Å². The van der Waals surface area contributed by atoms with Gasteiger partial charge in [-0.25, -0.2) is 4.98 Å². The number of rotatable bonds is 7. The Labute approximate surface area is 189 Å². The van der Waals surface area contributed by atoms with Crippen LogP contribution in [-0.4, -0.2) is 27.8 Å². The fraction of sp³-hybridized carbons (Fsp3) is 0.208. The Balaban J connectivity index is 1.79. The van der Waals surface area contributed by atoms with Gasteiger partial charge in [0.25, 0.3) is 5.56 Å². The number of benzene rings is 2. The van der Waals surface area contributed by atoms with Crippen LogP contribution in [0.4, 0.5) is 0 Å². The van der Waals surface area contributed by atoms with E-state index in [9.17, 15) is 9.59 Å². The second-order valence-corrected chi connectivity index (χ2v) is 9.35. The lowest BCUT2D eigenvalue weighted by Crippen LogP contribution is -2.29. The molecule has 0 bridgehead atoms. The average Bonchev–Trinajstić information content (AvgIpc) is 3.22. The lowest BCUT2D eigenvalue weighted by Gasteiger charge is -2.13. The number of thioether (sulfide) groups is 1. The molecule has 0 fully saturated rings. The number of carbonyl (C=O) groups is 1. The first-order chi connectivity index (χ1) is 15.0. The summed E-state index contributed by atoms with van der Waals surface area (Å²) in [5.41, 5.74) is 2.48. The van der Waals surface area contributed by atoms with Crippen LogP contribution in [0.3, 0.4) is 0 Å². The van der Waals surface area contributed by atoms with Crippen LogP contribution < -0.4 is 10.9 Å². The summed E-state index contributed by atoms with van der Waals surface area (Å²) in [4.78, 5) is 31.4. The molecule has 0 aliphatic heterocycles. The maximum Gasteiger partial charge on any atom is 0.268 e. The van der Waals surface area contributed by atoms with E-state index < -0.39 is 0 Å². The van der Waals surface area contributed by atoms with Crippen molar-refractivity contribution in [1.29, 1.82) is 0 Å². The molecule has 0 aliphatic carbocycles. The highest BCUT2D eigenvalue weighted by atomic mass is 32.2. The first-order valence-corrected chi connectivity index (χ1v) is 12.0. The van der Waals surface area contributed by atoms with Crippen molar-refractivity contribution in [2.24, 2.45) is 5.92 Å². The summed E-state index contributed by atoms with van der Waals surface area (Å²) < 4.78 is 1.61. The van der Waals surface area contributed by atoms with Gasteiger partial charge in [-0.15, -0.1) is 11.3 Å². The number of aromatic nitrogens is 2. The Morgan fingerprint density at radius 3 is 2.45 bits per heavy atom. The number of hydrogen-bond donors (Lipinski definition) is 1. The number of para-hydroxylation sites is 1. The number of carbonyl (C=O) groups excluding carboxylic acids is 1. The molecule has 1 amide bonds. The molecule has 2 aromatic carbocycles. The Bertz CT molecular complexity index is 1250. The van der Waals surface area contributed by atoms with E-state index in [0.717, 1.165) is 16.8 Å². The van der Waals surface area contributed by atoms with Crippen molar-refractivity contribution in [2.75, 3.05) is 12.3 Å². The van der Waals surface area contributed by atoms with E-state index in [1.54, 1.807) is 4.57 Å². The molecule has 4 rings (SSSR count). The molecule has 2 aromatic heterocycles. The van der Waals surface area contributed by atoms with Crippen LogP contribution >= 0.6 is 23.1 Å². The fourth-order valence-electron chi connectivity index (χ4n) is 3.20. The molecule has 2 heterocycles. The van der Waals surface area contributed by atoms with Crippen LogP contribution in [0, 0.1) is 5.92 Å². The second kappa shape index (κ2) is 9.49. The number of fused-ring (bicyclic) bond motifs is 1. The van der Waals surface area contributed by atoms with E-state index in [2.05, 4.69) is 19.2 Å². The second-order valence-electron chi connectivity index (χ2n) is 7.55. The predicted molar refractivity (Wildman–Crippen MR) is 129 cm³/mol. The molecule has 7 heteroatoms. The molecule has 0 saturated carbocycles. The van der Waals surface area contributed by atoms with Crippen LogP contribution in [0.1, 0.15) is 13.8 Å². The van der Waals surface area contributed by atoms with Crippen molar-refractivity contribution in [2.45, 2.75) is 19.0 Å². The molecule has 1 N–H and O–H groups in total. The van der Waals surface area contributed by atoms with Gasteiger partial charge in [-0.1, -0.05) is 74.1 Å². The number of amides is 1. The van der Waals surface area contributed by atoms with Crippen LogP contribution in [0.5, 0.6) is 0 Å². The molecule has 0 saturated heterocycles. The Morgan fingerprint density at radius 2 is 1.77 bits per heavy atom. The van der Waals surface area contributed by atoms with Gasteiger partial charge in [0.05, 0.1) is 16.8 Å². The number of nitrogens with one attached hydrogen (secondary N) is 1. The Hall–Kier alpha value is -2.90. The number of hydrogen-bond acceptors (Lipinski definition) is 5. The minimum atomic E-state index is -0.124. The highest BCUT2D eigenvalue weighted by Gasteiger charge is 2.19. The zero-order chi connectivity index (χ0) is 21.8. The maximum absolute atomic E-state index is 13.7. The summed E-state index contributed by atoms with van der Waals surface area (Å²) in [7, 11) is 0. The number of nitrogens with zero attached hydrogens (tertiary/aromatic N) is 2. The van der Waals surface area contributed by atoms with Gasteiger partial charge in [0.2, 0.25) is 5.91 Å². The van der Waals surface area contributed by atoms with E-state index in [-0.39, 0.29) is 17.2 Å². The SMILES string of the molecule is CC(C)CNC(=O)CSc1nc2scc(-c3ccccc3)c2c(=O)n1-c1ccccc1. The van der Waals surface area contributed by atoms with Gasteiger partial charge in [0.1, 0.15) is 4.83 Å². The van der Waals surface area contributed by atoms with Crippen molar-refractivity contribution >= 4 is 39.2 Å². The molecule has 4 aromatic rings. The average molecular weight is 450 g/mol. The monoisotopic (exact) mass is 449 g/mol. The number of thiophene rings is 1. The molecule has 0 spiro atoms. The Morgan fingerprint density at radius 1 is 1.10 bits per heavy atom. The quantitative estimate of drug-likeness (QED) is 0.319. The summed E-state index contributed by atoms with van der Waals surface area (Å²) in [5.74, 6) is 0.520. The smallest absolute Gasteiger partial charge is 0.268 e. The van der Waals surface area contributed by atoms with Crippen molar-refractivity contribution in [3.8, 4) is 16.8 Å². The lowest BCUT2D eigenvalue weighted by atomic mass is 10.1. The molecular weight excluding hydrogens is 426 g/mol. The molecule has 31 heavy (non-hydrogen) atoms. The zero-order valence-corrected chi connectivity index (χ0v) is 19.0. The third-order valence-electron chi connectivity index (χ3n) is 4.72. The van der Waals surface area contributed by atoms with Crippen molar-refractivity contribution < 1.29 is 4.79 Å². The van der Waals surface area contributed by atoms with Crippen molar-refractivity contribution in [1.82, 2.24) is 14.9 Å². The molecule has 0 atom stereocenters. The maximum atomic E-state index is 13.7. The first-order valence-electron chi connectivity index (χ1n) is 10.1. The van der Waals surface area contributed by atoms with Gasteiger partial charge in [0, 0.05) is 17.5 Å². The summed E-state index contributed by atoms with van der Waals surface area (Å²) in [6.45, 7) is 4.73. The summed E-state index contributed by atoms with van der Waals surface area (Å²) in [5, 5.41) is 6.02. The molecular formula is C24H23N3O2S2. The summed E-state index contributed by atoms with van der Waals surface area (Å²) in [6, 6.07) is 19.3. The minimum Gasteiger partial charge on any atom is -0.355 e. The van der Waals surface area contributed by atoms with Gasteiger partial charge in [-0.05, 0) is 23.6 Å². The fourth-order valence-corrected chi connectivity index (χ4v) is 5.03. The Kier molecular flexibility index (Phi) is 6.53. The molecule has 5 nitrogen and oxygen atoms in total. The standard InChI is InChI=1S/C24H23N3O2S2/c1-16(2)13-25-20(28)15-31-24-26-22-21(19(14-30-22)17-9-5-3-6-10-17)23(29)27(24)18-11-7-4-8-12-18/h3-12,14,16H,13,15H2,1-2H3,(H,25,28). The highest BCUT2D eigenvalue weighted by molar-refractivity contribution is 7.99. The highest BCUT2D eigenvalue weighted by Crippen LogP contribution is 2.32. The normalized spacial score (nSPS) is 11.2. The van der Waals surface area contributed by atoms with Crippen molar-refractivity contribution in [3.63, 3.8) is 0 Å². The molecule has 0 aliphatic rings. The van der Waals surface area contributed by atoms with Crippen LogP contribution in [0.25, 0.3) is 27.0 Å². The third-order valence-corrected chi connectivity index (χ3v) is 6.53. The van der Waals surface area contributed by atoms with Gasteiger partial charge >= 0.3 is 0 Å². The van der Waals surface area contributed by atoms with E-state index in [1.807, 2.05) is 66.0 Å². The summed E-state index contributed by atoms with van der Waals surface area (Å²) in [6.07, 6.45) is 0. The van der Waals surface area contributed by atoms with Gasteiger partial charge in [0.15, 0.2) is 5.16 Å². The lowest BCUT2D eigenvalue weighted by molar-refractivity contribution is -0.118. The van der Waals surface area contributed by atoms with Gasteiger partial charge in [-0.3, -0.25) is 14.2 Å². The first kappa shape index (κ1) is 21.3.